The Morgan fingerprint density at radius 3 is 1.75 bits per heavy atom. The van der Waals surface area contributed by atoms with E-state index in [0.717, 1.165) is 18.4 Å². The van der Waals surface area contributed by atoms with Crippen molar-refractivity contribution in [2.24, 2.45) is 11.8 Å². The van der Waals surface area contributed by atoms with Crippen LogP contribution in [-0.4, -0.2) is 37.1 Å². The standard InChI is InChI=1S/C14H32N2/c1-12(2)10-16(11-13(3)4)9-7-8-15-14(5)6/h12-15H,7-11H2,1-6H3. The molecule has 0 aliphatic rings. The van der Waals surface area contributed by atoms with Crippen LogP contribution in [0.25, 0.3) is 0 Å². The second kappa shape index (κ2) is 9.00. The number of hydrogen-bond acceptors (Lipinski definition) is 2. The van der Waals surface area contributed by atoms with E-state index < -0.39 is 0 Å². The molecule has 1 N–H and O–H groups in total. The smallest absolute Gasteiger partial charge is 0.00103 e. The fourth-order valence-corrected chi connectivity index (χ4v) is 1.98. The van der Waals surface area contributed by atoms with Gasteiger partial charge in [-0.2, -0.15) is 0 Å². The molecular formula is C14H32N2. The van der Waals surface area contributed by atoms with Crippen LogP contribution in [0.15, 0.2) is 0 Å². The highest BCUT2D eigenvalue weighted by molar-refractivity contribution is 4.64. The first-order valence-electron chi connectivity index (χ1n) is 6.87. The zero-order valence-electron chi connectivity index (χ0n) is 12.2. The minimum Gasteiger partial charge on any atom is -0.314 e. The Kier molecular flexibility index (Phi) is 8.96. The molecule has 2 nitrogen and oxygen atoms in total. The molecule has 0 saturated carbocycles. The van der Waals surface area contributed by atoms with Gasteiger partial charge >= 0.3 is 0 Å². The van der Waals surface area contributed by atoms with Crippen molar-refractivity contribution >= 4 is 0 Å². The highest BCUT2D eigenvalue weighted by Gasteiger charge is 2.08. The van der Waals surface area contributed by atoms with E-state index in [9.17, 15) is 0 Å². The Bertz CT molecular complexity index is 143. The van der Waals surface area contributed by atoms with Crippen LogP contribution in [0.1, 0.15) is 48.0 Å². The van der Waals surface area contributed by atoms with E-state index in [0.29, 0.717) is 6.04 Å². The molecule has 0 aromatic rings. The summed E-state index contributed by atoms with van der Waals surface area (Å²) in [6.07, 6.45) is 1.26. The molecule has 98 valence electrons. The van der Waals surface area contributed by atoms with Crippen LogP contribution in [0.4, 0.5) is 0 Å². The second-order valence-electron chi connectivity index (χ2n) is 6.01. The van der Waals surface area contributed by atoms with Gasteiger partial charge in [-0.15, -0.1) is 0 Å². The maximum Gasteiger partial charge on any atom is 0.00103 e. The van der Waals surface area contributed by atoms with Crippen LogP contribution in [0, 0.1) is 11.8 Å². The Morgan fingerprint density at radius 2 is 1.38 bits per heavy atom. The van der Waals surface area contributed by atoms with E-state index in [1.165, 1.54) is 26.1 Å². The van der Waals surface area contributed by atoms with Crippen LogP contribution in [0.5, 0.6) is 0 Å². The van der Waals surface area contributed by atoms with Gasteiger partial charge in [0.2, 0.25) is 0 Å². The topological polar surface area (TPSA) is 15.3 Å². The third-order valence-corrected chi connectivity index (χ3v) is 2.45. The van der Waals surface area contributed by atoms with Gasteiger partial charge in [0, 0.05) is 19.1 Å². The maximum absolute atomic E-state index is 3.48. The summed E-state index contributed by atoms with van der Waals surface area (Å²) < 4.78 is 0. The normalized spacial score (nSPS) is 12.4. The summed E-state index contributed by atoms with van der Waals surface area (Å²) in [5.74, 6) is 1.55. The lowest BCUT2D eigenvalue weighted by Crippen LogP contribution is -2.34. The number of hydrogen-bond donors (Lipinski definition) is 1. The minimum absolute atomic E-state index is 0.614. The van der Waals surface area contributed by atoms with Gasteiger partial charge in [-0.05, 0) is 31.3 Å². The van der Waals surface area contributed by atoms with E-state index in [-0.39, 0.29) is 0 Å². The fraction of sp³-hybridized carbons (Fsp3) is 1.00. The van der Waals surface area contributed by atoms with Crippen molar-refractivity contribution in [1.29, 1.82) is 0 Å². The molecule has 0 amide bonds. The van der Waals surface area contributed by atoms with Crippen LogP contribution in [-0.2, 0) is 0 Å². The third-order valence-electron chi connectivity index (χ3n) is 2.45. The Balaban J connectivity index is 3.73. The minimum atomic E-state index is 0.614. The van der Waals surface area contributed by atoms with Crippen molar-refractivity contribution in [3.63, 3.8) is 0 Å². The molecule has 2 heteroatoms. The van der Waals surface area contributed by atoms with Gasteiger partial charge in [-0.25, -0.2) is 0 Å². The fourth-order valence-electron chi connectivity index (χ4n) is 1.98. The molecule has 0 rings (SSSR count). The first kappa shape index (κ1) is 15.9. The van der Waals surface area contributed by atoms with E-state index >= 15 is 0 Å². The molecule has 0 heterocycles. The SMILES string of the molecule is CC(C)CN(CCCNC(C)C)CC(C)C. The van der Waals surface area contributed by atoms with Gasteiger partial charge < -0.3 is 10.2 Å². The Hall–Kier alpha value is -0.0800. The molecular weight excluding hydrogens is 196 g/mol. The van der Waals surface area contributed by atoms with Crippen LogP contribution in [0.3, 0.4) is 0 Å². The summed E-state index contributed by atoms with van der Waals surface area (Å²) in [5.41, 5.74) is 0. The van der Waals surface area contributed by atoms with E-state index in [4.69, 9.17) is 0 Å². The highest BCUT2D eigenvalue weighted by Crippen LogP contribution is 2.04. The van der Waals surface area contributed by atoms with Crippen LogP contribution in [0.2, 0.25) is 0 Å². The molecule has 0 radical (unpaired) electrons. The molecule has 0 aromatic carbocycles. The average Bonchev–Trinajstić information content (AvgIpc) is 2.09. The molecule has 0 spiro atoms. The molecule has 16 heavy (non-hydrogen) atoms. The Labute approximate surface area is 103 Å². The summed E-state index contributed by atoms with van der Waals surface area (Å²) >= 11 is 0. The van der Waals surface area contributed by atoms with E-state index in [2.05, 4.69) is 51.8 Å². The second-order valence-corrected chi connectivity index (χ2v) is 6.01. The van der Waals surface area contributed by atoms with Crippen molar-refractivity contribution < 1.29 is 0 Å². The predicted molar refractivity (Wildman–Crippen MR) is 73.9 cm³/mol. The van der Waals surface area contributed by atoms with Crippen LogP contribution < -0.4 is 5.32 Å². The lowest BCUT2D eigenvalue weighted by atomic mass is 10.1. The third kappa shape index (κ3) is 10.4. The van der Waals surface area contributed by atoms with E-state index in [1.807, 2.05) is 0 Å². The van der Waals surface area contributed by atoms with Crippen molar-refractivity contribution in [1.82, 2.24) is 10.2 Å². The molecule has 0 unspecified atom stereocenters. The quantitative estimate of drug-likeness (QED) is 0.610. The highest BCUT2D eigenvalue weighted by atomic mass is 15.1. The largest absolute Gasteiger partial charge is 0.314 e. The Morgan fingerprint density at radius 1 is 0.875 bits per heavy atom. The molecule has 0 aliphatic heterocycles. The zero-order chi connectivity index (χ0) is 12.6. The summed E-state index contributed by atoms with van der Waals surface area (Å²) in [6.45, 7) is 18.5. The summed E-state index contributed by atoms with van der Waals surface area (Å²) in [5, 5.41) is 3.48. The lowest BCUT2D eigenvalue weighted by Gasteiger charge is -2.26. The molecule has 0 aliphatic carbocycles. The maximum atomic E-state index is 3.48. The molecule has 0 saturated heterocycles. The zero-order valence-corrected chi connectivity index (χ0v) is 12.2. The van der Waals surface area contributed by atoms with Crippen LogP contribution >= 0.6 is 0 Å². The molecule has 0 bridgehead atoms. The van der Waals surface area contributed by atoms with Gasteiger partial charge in [0.15, 0.2) is 0 Å². The summed E-state index contributed by atoms with van der Waals surface area (Å²) in [6, 6.07) is 0.614. The number of rotatable bonds is 9. The first-order valence-corrected chi connectivity index (χ1v) is 6.87. The van der Waals surface area contributed by atoms with E-state index in [1.54, 1.807) is 0 Å². The lowest BCUT2D eigenvalue weighted by molar-refractivity contribution is 0.216. The van der Waals surface area contributed by atoms with Gasteiger partial charge in [-0.3, -0.25) is 0 Å². The number of nitrogens with zero attached hydrogens (tertiary/aromatic N) is 1. The average molecular weight is 228 g/mol. The van der Waals surface area contributed by atoms with Crippen molar-refractivity contribution in [2.75, 3.05) is 26.2 Å². The van der Waals surface area contributed by atoms with Gasteiger partial charge in [0.05, 0.1) is 0 Å². The van der Waals surface area contributed by atoms with Crippen molar-refractivity contribution in [3.05, 3.63) is 0 Å². The predicted octanol–water partition coefficient (Wildman–Crippen LogP) is 2.99. The van der Waals surface area contributed by atoms with Crippen molar-refractivity contribution in [3.8, 4) is 0 Å². The summed E-state index contributed by atoms with van der Waals surface area (Å²) in [7, 11) is 0. The van der Waals surface area contributed by atoms with Gasteiger partial charge in [0.25, 0.3) is 0 Å². The monoisotopic (exact) mass is 228 g/mol. The van der Waals surface area contributed by atoms with Gasteiger partial charge in [-0.1, -0.05) is 41.5 Å². The van der Waals surface area contributed by atoms with Gasteiger partial charge in [0.1, 0.15) is 0 Å². The molecule has 0 aromatic heterocycles. The van der Waals surface area contributed by atoms with Crippen molar-refractivity contribution in [2.45, 2.75) is 54.0 Å². The summed E-state index contributed by atoms with van der Waals surface area (Å²) in [4.78, 5) is 2.61. The molecule has 0 fully saturated rings. The first-order chi connectivity index (χ1) is 7.41. The number of nitrogens with one attached hydrogen (secondary N) is 1. The molecule has 0 atom stereocenters.